The molecule has 0 bridgehead atoms. The van der Waals surface area contributed by atoms with E-state index in [1.54, 1.807) is 7.11 Å². The first-order valence-electron chi connectivity index (χ1n) is 9.60. The van der Waals surface area contributed by atoms with Crippen LogP contribution in [-0.4, -0.2) is 29.2 Å². The minimum absolute atomic E-state index is 0.305. The van der Waals surface area contributed by atoms with Crippen LogP contribution in [0.4, 0.5) is 5.95 Å². The predicted octanol–water partition coefficient (Wildman–Crippen LogP) is 4.70. The molecule has 1 heterocycles. The van der Waals surface area contributed by atoms with E-state index in [2.05, 4.69) is 10.3 Å². The van der Waals surface area contributed by atoms with Gasteiger partial charge in [-0.2, -0.15) is 0 Å². The van der Waals surface area contributed by atoms with Crippen molar-refractivity contribution < 1.29 is 9.47 Å². The zero-order valence-corrected chi connectivity index (χ0v) is 15.0. The molecule has 2 aliphatic carbocycles. The van der Waals surface area contributed by atoms with E-state index in [1.807, 2.05) is 18.3 Å². The molecule has 2 fully saturated rings. The third-order valence-electron chi connectivity index (χ3n) is 5.40. The second kappa shape index (κ2) is 7.46. The van der Waals surface area contributed by atoms with Gasteiger partial charge in [0.25, 0.3) is 0 Å². The molecule has 25 heavy (non-hydrogen) atoms. The third kappa shape index (κ3) is 3.80. The Morgan fingerprint density at radius 2 is 1.72 bits per heavy atom. The highest BCUT2D eigenvalue weighted by atomic mass is 16.5. The molecule has 0 saturated heterocycles. The highest BCUT2D eigenvalue weighted by Crippen LogP contribution is 2.35. The van der Waals surface area contributed by atoms with E-state index in [-0.39, 0.29) is 0 Å². The quantitative estimate of drug-likeness (QED) is 0.854. The number of rotatable bonds is 5. The molecule has 5 nitrogen and oxygen atoms in total. The van der Waals surface area contributed by atoms with Crippen molar-refractivity contribution >= 4 is 16.9 Å². The lowest BCUT2D eigenvalue weighted by Crippen LogP contribution is -2.23. The maximum atomic E-state index is 6.16. The first-order chi connectivity index (χ1) is 12.3. The zero-order valence-electron chi connectivity index (χ0n) is 15.0. The normalized spacial score (nSPS) is 19.2. The molecule has 5 heteroatoms. The van der Waals surface area contributed by atoms with Crippen molar-refractivity contribution in [2.75, 3.05) is 12.4 Å². The molecule has 4 rings (SSSR count). The minimum Gasteiger partial charge on any atom is -0.493 e. The Labute approximate surface area is 149 Å². The van der Waals surface area contributed by atoms with Crippen LogP contribution in [0.25, 0.3) is 10.9 Å². The summed E-state index contributed by atoms with van der Waals surface area (Å²) in [6.07, 6.45) is 13.3. The van der Waals surface area contributed by atoms with Crippen molar-refractivity contribution in [1.29, 1.82) is 0 Å². The summed E-state index contributed by atoms with van der Waals surface area (Å²) in [6, 6.07) is 4.47. The van der Waals surface area contributed by atoms with Gasteiger partial charge >= 0.3 is 0 Å². The van der Waals surface area contributed by atoms with Crippen LogP contribution in [0.1, 0.15) is 57.8 Å². The van der Waals surface area contributed by atoms with E-state index >= 15 is 0 Å². The number of methoxy groups -OCH3 is 1. The number of hydrogen-bond acceptors (Lipinski definition) is 5. The van der Waals surface area contributed by atoms with E-state index in [1.165, 1.54) is 44.9 Å². The number of benzene rings is 1. The highest BCUT2D eigenvalue weighted by molar-refractivity contribution is 5.82. The van der Waals surface area contributed by atoms with Crippen LogP contribution < -0.4 is 14.8 Å². The summed E-state index contributed by atoms with van der Waals surface area (Å²) in [4.78, 5) is 9.20. The van der Waals surface area contributed by atoms with Gasteiger partial charge < -0.3 is 14.8 Å². The van der Waals surface area contributed by atoms with Crippen LogP contribution in [-0.2, 0) is 0 Å². The largest absolute Gasteiger partial charge is 0.493 e. The lowest BCUT2D eigenvalue weighted by molar-refractivity contribution is 0.201. The molecular formula is C20H27N3O2. The summed E-state index contributed by atoms with van der Waals surface area (Å²) in [5, 5.41) is 4.48. The molecule has 0 radical (unpaired) electrons. The van der Waals surface area contributed by atoms with Gasteiger partial charge in [-0.25, -0.2) is 9.97 Å². The first-order valence-corrected chi connectivity index (χ1v) is 9.60. The molecule has 2 aromatic rings. The summed E-state index contributed by atoms with van der Waals surface area (Å²) in [6.45, 7) is 0. The zero-order chi connectivity index (χ0) is 17.1. The molecule has 0 unspecified atom stereocenters. The topological polar surface area (TPSA) is 56.3 Å². The lowest BCUT2D eigenvalue weighted by Gasteiger charge is -2.22. The van der Waals surface area contributed by atoms with Gasteiger partial charge in [0.15, 0.2) is 11.5 Å². The van der Waals surface area contributed by atoms with E-state index in [0.29, 0.717) is 18.1 Å². The molecule has 0 aliphatic heterocycles. The first kappa shape index (κ1) is 16.4. The maximum absolute atomic E-state index is 6.16. The average molecular weight is 341 g/mol. The van der Waals surface area contributed by atoms with Crippen molar-refractivity contribution in [1.82, 2.24) is 9.97 Å². The number of ether oxygens (including phenoxy) is 2. The Balaban J connectivity index is 1.56. The number of nitrogens with zero attached hydrogens (tertiary/aromatic N) is 2. The van der Waals surface area contributed by atoms with Crippen molar-refractivity contribution in [2.45, 2.75) is 69.9 Å². The van der Waals surface area contributed by atoms with Gasteiger partial charge in [0.1, 0.15) is 0 Å². The van der Waals surface area contributed by atoms with Gasteiger partial charge in [-0.15, -0.1) is 0 Å². The van der Waals surface area contributed by atoms with Crippen LogP contribution in [0, 0.1) is 0 Å². The van der Waals surface area contributed by atoms with Crippen LogP contribution >= 0.6 is 0 Å². The Kier molecular flexibility index (Phi) is 4.90. The number of hydrogen-bond donors (Lipinski definition) is 1. The molecule has 134 valence electrons. The fourth-order valence-electron chi connectivity index (χ4n) is 3.98. The smallest absolute Gasteiger partial charge is 0.223 e. The Bertz CT molecular complexity index is 722. The van der Waals surface area contributed by atoms with Crippen molar-refractivity contribution in [3.63, 3.8) is 0 Å². The molecule has 1 aromatic carbocycles. The van der Waals surface area contributed by atoms with E-state index < -0.39 is 0 Å². The number of aromatic nitrogens is 2. The van der Waals surface area contributed by atoms with Gasteiger partial charge in [0.2, 0.25) is 5.95 Å². The molecule has 0 spiro atoms. The van der Waals surface area contributed by atoms with Crippen LogP contribution in [0.3, 0.4) is 0 Å². The predicted molar refractivity (Wildman–Crippen MR) is 99.5 cm³/mol. The highest BCUT2D eigenvalue weighted by Gasteiger charge is 2.19. The van der Waals surface area contributed by atoms with Gasteiger partial charge in [-0.05, 0) is 44.6 Å². The average Bonchev–Trinajstić information content (AvgIpc) is 3.15. The summed E-state index contributed by atoms with van der Waals surface area (Å²) >= 11 is 0. The molecule has 2 aliphatic rings. The number of nitrogens with one attached hydrogen (secondary N) is 1. The van der Waals surface area contributed by atoms with E-state index in [0.717, 1.165) is 35.2 Å². The lowest BCUT2D eigenvalue weighted by atomic mass is 9.96. The van der Waals surface area contributed by atoms with Crippen molar-refractivity contribution in [3.05, 3.63) is 18.3 Å². The fourth-order valence-corrected chi connectivity index (χ4v) is 3.98. The van der Waals surface area contributed by atoms with E-state index in [4.69, 9.17) is 14.5 Å². The standard InChI is InChI=1S/C20H27N3O2/c1-24-18-12-17-14(11-19(18)25-16-9-5-6-10-16)13-21-20(23-17)22-15-7-3-2-4-8-15/h11-13,15-16H,2-10H2,1H3,(H,21,22,23). The monoisotopic (exact) mass is 341 g/mol. The molecule has 0 atom stereocenters. The Morgan fingerprint density at radius 3 is 2.48 bits per heavy atom. The molecular weight excluding hydrogens is 314 g/mol. The minimum atomic E-state index is 0.305. The molecule has 1 aromatic heterocycles. The van der Waals surface area contributed by atoms with Crippen LogP contribution in [0.15, 0.2) is 18.3 Å². The van der Waals surface area contributed by atoms with Gasteiger partial charge in [-0.1, -0.05) is 19.3 Å². The summed E-state index contributed by atoms with van der Waals surface area (Å²) in [7, 11) is 1.69. The van der Waals surface area contributed by atoms with Crippen LogP contribution in [0.2, 0.25) is 0 Å². The number of fused-ring (bicyclic) bond motifs is 1. The SMILES string of the molecule is COc1cc2nc(NC3CCCCC3)ncc2cc1OC1CCCC1. The second-order valence-electron chi connectivity index (χ2n) is 7.26. The summed E-state index contributed by atoms with van der Waals surface area (Å²) < 4.78 is 11.7. The molecule has 2 saturated carbocycles. The Hall–Kier alpha value is -2.04. The molecule has 0 amide bonds. The van der Waals surface area contributed by atoms with Gasteiger partial charge in [-0.3, -0.25) is 0 Å². The van der Waals surface area contributed by atoms with Gasteiger partial charge in [0.05, 0.1) is 18.7 Å². The molecule has 1 N–H and O–H groups in total. The third-order valence-corrected chi connectivity index (χ3v) is 5.40. The Morgan fingerprint density at radius 1 is 0.960 bits per heavy atom. The van der Waals surface area contributed by atoms with Crippen molar-refractivity contribution in [3.8, 4) is 11.5 Å². The van der Waals surface area contributed by atoms with Gasteiger partial charge in [0, 0.05) is 23.7 Å². The maximum Gasteiger partial charge on any atom is 0.223 e. The van der Waals surface area contributed by atoms with Crippen molar-refractivity contribution in [2.24, 2.45) is 0 Å². The van der Waals surface area contributed by atoms with E-state index in [9.17, 15) is 0 Å². The number of anilines is 1. The van der Waals surface area contributed by atoms with Crippen LogP contribution in [0.5, 0.6) is 11.5 Å². The summed E-state index contributed by atoms with van der Waals surface area (Å²) in [5.41, 5.74) is 0.893. The second-order valence-corrected chi connectivity index (χ2v) is 7.26. The fraction of sp³-hybridized carbons (Fsp3) is 0.600. The summed E-state index contributed by atoms with van der Waals surface area (Å²) in [5.74, 6) is 2.27.